The van der Waals surface area contributed by atoms with Gasteiger partial charge < -0.3 is 19.7 Å². The van der Waals surface area contributed by atoms with E-state index in [9.17, 15) is 22.8 Å². The predicted octanol–water partition coefficient (Wildman–Crippen LogP) is 5.96. The Morgan fingerprint density at radius 3 is 2.15 bits per heavy atom. The van der Waals surface area contributed by atoms with Gasteiger partial charge in [-0.15, -0.1) is 0 Å². The number of aromatic nitrogens is 2. The minimum absolute atomic E-state index is 0.0156. The van der Waals surface area contributed by atoms with E-state index in [2.05, 4.69) is 15.2 Å². The van der Waals surface area contributed by atoms with Gasteiger partial charge in [-0.25, -0.2) is 4.98 Å². The summed E-state index contributed by atoms with van der Waals surface area (Å²) in [4.78, 5) is 33.5. The van der Waals surface area contributed by atoms with Crippen LogP contribution in [0.25, 0.3) is 11.0 Å². The zero-order valence-electron chi connectivity index (χ0n) is 20.4. The molecule has 4 aromatic rings. The SMILES string of the molecule is O=C(Nc1cccc2c1nc(C(F)(F)F)n2CC(=O)N1CCN(c2ccccc2)CC1)c1c(Cl)cccc1Cl. The van der Waals surface area contributed by atoms with Crippen molar-refractivity contribution in [3.63, 3.8) is 0 Å². The maximum Gasteiger partial charge on any atom is 0.449 e. The molecule has 1 fully saturated rings. The number of rotatable bonds is 5. The Morgan fingerprint density at radius 1 is 0.872 bits per heavy atom. The van der Waals surface area contributed by atoms with Crippen molar-refractivity contribution in [1.29, 1.82) is 0 Å². The molecule has 1 N–H and O–H groups in total. The van der Waals surface area contributed by atoms with E-state index in [0.29, 0.717) is 26.2 Å². The average Bonchev–Trinajstić information content (AvgIpc) is 3.29. The van der Waals surface area contributed by atoms with Gasteiger partial charge in [0.1, 0.15) is 12.1 Å². The monoisotopic (exact) mass is 575 g/mol. The van der Waals surface area contributed by atoms with Gasteiger partial charge in [0.05, 0.1) is 26.8 Å². The second kappa shape index (κ2) is 10.8. The number of piperazine rings is 1. The third-order valence-electron chi connectivity index (χ3n) is 6.52. The van der Waals surface area contributed by atoms with Gasteiger partial charge in [-0.1, -0.05) is 53.5 Å². The van der Waals surface area contributed by atoms with Crippen LogP contribution in [0.5, 0.6) is 0 Å². The molecule has 1 saturated heterocycles. The number of carbonyl (C=O) groups is 2. The van der Waals surface area contributed by atoms with Gasteiger partial charge >= 0.3 is 6.18 Å². The summed E-state index contributed by atoms with van der Waals surface area (Å²) in [7, 11) is 0. The molecule has 2 heterocycles. The second-order valence-electron chi connectivity index (χ2n) is 8.95. The number of hydrogen-bond donors (Lipinski definition) is 1. The smallest absolute Gasteiger partial charge is 0.368 e. The highest BCUT2D eigenvalue weighted by molar-refractivity contribution is 6.40. The van der Waals surface area contributed by atoms with Crippen molar-refractivity contribution in [2.75, 3.05) is 36.4 Å². The molecule has 1 aliphatic heterocycles. The van der Waals surface area contributed by atoms with E-state index in [4.69, 9.17) is 23.2 Å². The molecule has 3 aromatic carbocycles. The highest BCUT2D eigenvalue weighted by Gasteiger charge is 2.39. The Labute approximate surface area is 231 Å². The van der Waals surface area contributed by atoms with Crippen LogP contribution in [-0.2, 0) is 17.5 Å². The molecule has 7 nitrogen and oxygen atoms in total. The number of imidazole rings is 1. The molecule has 202 valence electrons. The highest BCUT2D eigenvalue weighted by atomic mass is 35.5. The first-order chi connectivity index (χ1) is 18.6. The molecular weight excluding hydrogens is 554 g/mol. The first kappa shape index (κ1) is 26.8. The molecule has 0 bridgehead atoms. The topological polar surface area (TPSA) is 70.5 Å². The van der Waals surface area contributed by atoms with E-state index in [1.54, 1.807) is 11.0 Å². The summed E-state index contributed by atoms with van der Waals surface area (Å²) in [5, 5.41) is 2.74. The van der Waals surface area contributed by atoms with Crippen LogP contribution in [0.4, 0.5) is 24.5 Å². The normalized spacial score (nSPS) is 14.1. The number of anilines is 2. The number of halogens is 5. The molecule has 0 aliphatic carbocycles. The lowest BCUT2D eigenvalue weighted by Gasteiger charge is -2.36. The van der Waals surface area contributed by atoms with Gasteiger partial charge in [0.15, 0.2) is 0 Å². The number of nitrogens with one attached hydrogen (secondary N) is 1. The van der Waals surface area contributed by atoms with Crippen LogP contribution in [-0.4, -0.2) is 52.4 Å². The molecule has 5 rings (SSSR count). The lowest BCUT2D eigenvalue weighted by atomic mass is 10.2. The van der Waals surface area contributed by atoms with Crippen LogP contribution in [0.3, 0.4) is 0 Å². The third-order valence-corrected chi connectivity index (χ3v) is 7.15. The molecule has 1 aromatic heterocycles. The Hall–Kier alpha value is -3.76. The number of carbonyl (C=O) groups excluding carboxylic acids is 2. The molecular formula is C27H22Cl2F3N5O2. The minimum atomic E-state index is -4.83. The van der Waals surface area contributed by atoms with Crippen LogP contribution in [0.15, 0.2) is 66.7 Å². The zero-order chi connectivity index (χ0) is 27.7. The number of para-hydroxylation sites is 2. The second-order valence-corrected chi connectivity index (χ2v) is 9.76. The molecule has 2 amide bonds. The minimum Gasteiger partial charge on any atom is -0.368 e. The summed E-state index contributed by atoms with van der Waals surface area (Å²) in [5.74, 6) is -2.38. The molecule has 12 heteroatoms. The van der Waals surface area contributed by atoms with Gasteiger partial charge in [-0.2, -0.15) is 13.2 Å². The van der Waals surface area contributed by atoms with Crippen molar-refractivity contribution >= 4 is 57.4 Å². The fourth-order valence-electron chi connectivity index (χ4n) is 4.61. The van der Waals surface area contributed by atoms with E-state index < -0.39 is 30.4 Å². The third kappa shape index (κ3) is 5.53. The van der Waals surface area contributed by atoms with Crippen LogP contribution >= 0.6 is 23.2 Å². The van der Waals surface area contributed by atoms with Crippen molar-refractivity contribution in [2.24, 2.45) is 0 Å². The number of fused-ring (bicyclic) bond motifs is 1. The van der Waals surface area contributed by atoms with E-state index in [-0.39, 0.29) is 32.3 Å². The molecule has 0 spiro atoms. The Morgan fingerprint density at radius 2 is 1.51 bits per heavy atom. The van der Waals surface area contributed by atoms with Crippen molar-refractivity contribution in [3.8, 4) is 0 Å². The molecule has 0 radical (unpaired) electrons. The van der Waals surface area contributed by atoms with E-state index in [0.717, 1.165) is 10.3 Å². The molecule has 0 saturated carbocycles. The van der Waals surface area contributed by atoms with E-state index >= 15 is 0 Å². The molecule has 39 heavy (non-hydrogen) atoms. The van der Waals surface area contributed by atoms with Gasteiger partial charge in [-0.3, -0.25) is 9.59 Å². The van der Waals surface area contributed by atoms with Gasteiger partial charge in [0.2, 0.25) is 11.7 Å². The van der Waals surface area contributed by atoms with Crippen molar-refractivity contribution < 1.29 is 22.8 Å². The van der Waals surface area contributed by atoms with Crippen LogP contribution in [0.2, 0.25) is 10.0 Å². The highest BCUT2D eigenvalue weighted by Crippen LogP contribution is 2.35. The van der Waals surface area contributed by atoms with Crippen molar-refractivity contribution in [1.82, 2.24) is 14.5 Å². The fraction of sp³-hybridized carbons (Fsp3) is 0.222. The maximum atomic E-state index is 14.0. The first-order valence-electron chi connectivity index (χ1n) is 12.0. The summed E-state index contributed by atoms with van der Waals surface area (Å²) in [5.41, 5.74) is 0.988. The lowest BCUT2D eigenvalue weighted by molar-refractivity contribution is -0.148. The van der Waals surface area contributed by atoms with Gasteiger partial charge in [0.25, 0.3) is 5.91 Å². The summed E-state index contributed by atoms with van der Waals surface area (Å²) in [6.07, 6.45) is -4.83. The molecule has 0 atom stereocenters. The Kier molecular flexibility index (Phi) is 7.42. The Balaban J connectivity index is 1.40. The van der Waals surface area contributed by atoms with Crippen molar-refractivity contribution in [2.45, 2.75) is 12.7 Å². The quantitative estimate of drug-likeness (QED) is 0.318. The van der Waals surface area contributed by atoms with Crippen LogP contribution in [0.1, 0.15) is 16.2 Å². The zero-order valence-corrected chi connectivity index (χ0v) is 21.9. The molecule has 0 unspecified atom stereocenters. The number of alkyl halides is 3. The van der Waals surface area contributed by atoms with Gasteiger partial charge in [-0.05, 0) is 36.4 Å². The van der Waals surface area contributed by atoms with E-state index in [1.165, 1.54) is 30.3 Å². The van der Waals surface area contributed by atoms with Gasteiger partial charge in [0, 0.05) is 31.9 Å². The molecule has 1 aliphatic rings. The first-order valence-corrected chi connectivity index (χ1v) is 12.8. The lowest BCUT2D eigenvalue weighted by Crippen LogP contribution is -2.49. The maximum absolute atomic E-state index is 14.0. The fourth-order valence-corrected chi connectivity index (χ4v) is 5.18. The summed E-state index contributed by atoms with van der Waals surface area (Å²) in [6, 6.07) is 18.6. The van der Waals surface area contributed by atoms with Crippen LogP contribution in [0, 0.1) is 0 Å². The summed E-state index contributed by atoms with van der Waals surface area (Å²) in [6.45, 7) is 1.33. The summed E-state index contributed by atoms with van der Waals surface area (Å²) >= 11 is 12.2. The number of hydrogen-bond acceptors (Lipinski definition) is 4. The van der Waals surface area contributed by atoms with Crippen molar-refractivity contribution in [3.05, 3.63) is 88.2 Å². The van der Waals surface area contributed by atoms with Crippen LogP contribution < -0.4 is 10.2 Å². The largest absolute Gasteiger partial charge is 0.449 e. The van der Waals surface area contributed by atoms with E-state index in [1.807, 2.05) is 30.3 Å². The summed E-state index contributed by atoms with van der Waals surface area (Å²) < 4.78 is 43.0. The number of amides is 2. The number of nitrogens with zero attached hydrogens (tertiary/aromatic N) is 4. The number of benzene rings is 3. The predicted molar refractivity (Wildman–Crippen MR) is 144 cm³/mol. The average molecular weight is 576 g/mol. The Bertz CT molecular complexity index is 1510. The standard InChI is InChI=1S/C27H22Cl2F3N5O2/c28-18-8-4-9-19(29)23(18)25(39)33-20-10-5-11-21-24(20)34-26(27(30,31)32)37(21)16-22(38)36-14-12-35(13-15-36)17-6-2-1-3-7-17/h1-11H,12-16H2,(H,33,39).